The van der Waals surface area contributed by atoms with Crippen LogP contribution in [0.2, 0.25) is 0 Å². The van der Waals surface area contributed by atoms with Gasteiger partial charge in [-0.05, 0) is 102 Å². The highest BCUT2D eigenvalue weighted by Crippen LogP contribution is 2.34. The second kappa shape index (κ2) is 11.2. The van der Waals surface area contributed by atoms with E-state index in [1.165, 1.54) is 12.1 Å². The molecular weight excluding hydrogens is 594 g/mol. The number of fused-ring (bicyclic) bond motifs is 1. The van der Waals surface area contributed by atoms with Crippen molar-refractivity contribution in [2.24, 2.45) is 0 Å². The summed E-state index contributed by atoms with van der Waals surface area (Å²) in [7, 11) is -4.08. The van der Waals surface area contributed by atoms with Crippen molar-refractivity contribution >= 4 is 21.6 Å². The topological polar surface area (TPSA) is 75.3 Å². The van der Waals surface area contributed by atoms with Crippen LogP contribution in [0.25, 0.3) is 11.1 Å². The molecule has 0 saturated heterocycles. The molecule has 0 saturated carbocycles. The van der Waals surface area contributed by atoms with Crippen LogP contribution in [0.4, 0.5) is 32.0 Å². The Bertz CT molecular complexity index is 1780. The number of hydrogen-bond acceptors (Lipinski definition) is 3. The Balaban J connectivity index is 1.30. The highest BCUT2D eigenvalue weighted by Gasteiger charge is 2.32. The van der Waals surface area contributed by atoms with Crippen LogP contribution in [-0.4, -0.2) is 20.4 Å². The van der Waals surface area contributed by atoms with E-state index in [0.29, 0.717) is 47.4 Å². The molecule has 0 aliphatic heterocycles. The Labute approximate surface area is 243 Å². The third-order valence-electron chi connectivity index (χ3n) is 7.23. The number of sulfonamides is 1. The van der Waals surface area contributed by atoms with Gasteiger partial charge in [0.1, 0.15) is 0 Å². The molecule has 1 aliphatic carbocycles. The zero-order valence-corrected chi connectivity index (χ0v) is 23.3. The molecule has 4 aromatic rings. The summed E-state index contributed by atoms with van der Waals surface area (Å²) in [5.74, 6) is -0.476. The van der Waals surface area contributed by atoms with Crippen molar-refractivity contribution in [2.75, 3.05) is 5.32 Å². The fraction of sp³-hybridized carbons (Fsp3) is 0.194. The average molecular weight is 619 g/mol. The molecule has 224 valence electrons. The molecule has 5 rings (SSSR count). The van der Waals surface area contributed by atoms with E-state index in [2.05, 4.69) is 10.0 Å². The normalized spacial score (nSPS) is 15.3. The smallest absolute Gasteiger partial charge is 0.322 e. The Morgan fingerprint density at radius 1 is 0.767 bits per heavy atom. The maximum Gasteiger partial charge on any atom is 0.416 e. The van der Waals surface area contributed by atoms with Crippen molar-refractivity contribution in [2.45, 2.75) is 43.1 Å². The molecule has 12 heteroatoms. The van der Waals surface area contributed by atoms with E-state index in [9.17, 15) is 39.6 Å². The van der Waals surface area contributed by atoms with Gasteiger partial charge in [0.15, 0.2) is 0 Å². The minimum atomic E-state index is -4.58. The molecule has 43 heavy (non-hydrogen) atoms. The number of carbonyl (C=O) groups excluding carboxylic acids is 1. The SMILES string of the molecule is Cc1cccc(C(=O)Nc2ccc3c(c2)CC(NS(=O)(=O)c2ccc(C(F)(F)F)cc2)C3)c1-c1ccc(C(F)(F)F)cc1. The minimum Gasteiger partial charge on any atom is -0.322 e. The first-order chi connectivity index (χ1) is 20.1. The molecule has 4 aromatic carbocycles. The predicted octanol–water partition coefficient (Wildman–Crippen LogP) is 7.40. The number of anilines is 1. The molecule has 2 N–H and O–H groups in total. The first-order valence-electron chi connectivity index (χ1n) is 13.0. The highest BCUT2D eigenvalue weighted by atomic mass is 32.2. The standard InChI is InChI=1S/C31H24F6N2O3S/c1-18-3-2-4-27(28(18)19-5-8-22(9-6-19)30(32,33)34)29(40)38-24-12-7-20-15-25(17-21(20)16-24)39-43(41,42)26-13-10-23(11-14-26)31(35,36)37/h2-14,16,25,39H,15,17H2,1H3,(H,38,40). The van der Waals surface area contributed by atoms with Crippen LogP contribution >= 0.6 is 0 Å². The number of hydrogen-bond donors (Lipinski definition) is 2. The van der Waals surface area contributed by atoms with Crippen LogP contribution in [0.15, 0.2) is 89.8 Å². The molecule has 0 spiro atoms. The van der Waals surface area contributed by atoms with Gasteiger partial charge in [0, 0.05) is 17.3 Å². The fourth-order valence-corrected chi connectivity index (χ4v) is 6.39. The Kier molecular flexibility index (Phi) is 7.86. The third kappa shape index (κ3) is 6.60. The summed E-state index contributed by atoms with van der Waals surface area (Å²) in [5, 5.41) is 2.82. The molecule has 0 heterocycles. The van der Waals surface area contributed by atoms with Crippen molar-refractivity contribution in [1.82, 2.24) is 4.72 Å². The van der Waals surface area contributed by atoms with E-state index in [1.807, 2.05) is 0 Å². The Morgan fingerprint density at radius 3 is 1.95 bits per heavy atom. The fourth-order valence-electron chi connectivity index (χ4n) is 5.15. The summed E-state index contributed by atoms with van der Waals surface area (Å²) in [6.45, 7) is 1.76. The molecule has 1 unspecified atom stereocenters. The van der Waals surface area contributed by atoms with Gasteiger partial charge in [0.25, 0.3) is 5.91 Å². The molecule has 0 bridgehead atoms. The first-order valence-corrected chi connectivity index (χ1v) is 14.5. The van der Waals surface area contributed by atoms with Crippen molar-refractivity contribution in [3.63, 3.8) is 0 Å². The first kappa shape index (κ1) is 30.3. The molecule has 1 amide bonds. The summed E-state index contributed by atoms with van der Waals surface area (Å²) in [6, 6.07) is 17.4. The number of aryl methyl sites for hydroxylation is 1. The number of alkyl halides is 6. The van der Waals surface area contributed by atoms with Gasteiger partial charge in [-0.3, -0.25) is 4.79 Å². The van der Waals surface area contributed by atoms with Crippen LogP contribution in [0.1, 0.15) is 38.2 Å². The summed E-state index contributed by atoms with van der Waals surface area (Å²) in [5.41, 5.74) is 2.23. The average Bonchev–Trinajstić information content (AvgIpc) is 3.33. The molecule has 0 aromatic heterocycles. The van der Waals surface area contributed by atoms with Crippen LogP contribution in [0, 0.1) is 6.92 Å². The third-order valence-corrected chi connectivity index (χ3v) is 8.77. The largest absolute Gasteiger partial charge is 0.416 e. The molecular formula is C31H24F6N2O3S. The van der Waals surface area contributed by atoms with Crippen LogP contribution < -0.4 is 10.0 Å². The minimum absolute atomic E-state index is 0.266. The number of halogens is 6. The van der Waals surface area contributed by atoms with E-state index in [-0.39, 0.29) is 10.5 Å². The lowest BCUT2D eigenvalue weighted by Gasteiger charge is -2.15. The van der Waals surface area contributed by atoms with Crippen molar-refractivity contribution in [3.8, 4) is 11.1 Å². The summed E-state index contributed by atoms with van der Waals surface area (Å²) < 4.78 is 106. The predicted molar refractivity (Wildman–Crippen MR) is 149 cm³/mol. The lowest BCUT2D eigenvalue weighted by Crippen LogP contribution is -2.35. The van der Waals surface area contributed by atoms with Crippen molar-refractivity contribution in [1.29, 1.82) is 0 Å². The number of benzene rings is 4. The summed E-state index contributed by atoms with van der Waals surface area (Å²) in [6.07, 6.45) is -8.43. The van der Waals surface area contributed by atoms with Gasteiger partial charge in [0.2, 0.25) is 10.0 Å². The lowest BCUT2D eigenvalue weighted by molar-refractivity contribution is -0.138. The van der Waals surface area contributed by atoms with Crippen molar-refractivity contribution < 1.29 is 39.6 Å². The van der Waals surface area contributed by atoms with Gasteiger partial charge in [-0.25, -0.2) is 13.1 Å². The van der Waals surface area contributed by atoms with Gasteiger partial charge >= 0.3 is 12.4 Å². The maximum absolute atomic E-state index is 13.3. The van der Waals surface area contributed by atoms with E-state index >= 15 is 0 Å². The molecule has 0 radical (unpaired) electrons. The molecule has 1 atom stereocenters. The molecule has 0 fully saturated rings. The number of nitrogens with one attached hydrogen (secondary N) is 2. The number of carbonyl (C=O) groups is 1. The van der Waals surface area contributed by atoms with Gasteiger partial charge in [-0.15, -0.1) is 0 Å². The Hall–Kier alpha value is -4.16. The quantitative estimate of drug-likeness (QED) is 0.221. The van der Waals surface area contributed by atoms with Gasteiger partial charge in [0.05, 0.1) is 16.0 Å². The number of amides is 1. The van der Waals surface area contributed by atoms with Crippen molar-refractivity contribution in [3.05, 3.63) is 118 Å². The van der Waals surface area contributed by atoms with E-state index < -0.39 is 45.5 Å². The maximum atomic E-state index is 13.3. The second-order valence-electron chi connectivity index (χ2n) is 10.3. The zero-order chi connectivity index (χ0) is 31.2. The summed E-state index contributed by atoms with van der Waals surface area (Å²) >= 11 is 0. The van der Waals surface area contributed by atoms with Gasteiger partial charge in [-0.2, -0.15) is 26.3 Å². The second-order valence-corrected chi connectivity index (χ2v) is 12.0. The lowest BCUT2D eigenvalue weighted by atomic mass is 9.93. The highest BCUT2D eigenvalue weighted by molar-refractivity contribution is 7.89. The van der Waals surface area contributed by atoms with E-state index in [4.69, 9.17) is 0 Å². The summed E-state index contributed by atoms with van der Waals surface area (Å²) in [4.78, 5) is 13.0. The monoisotopic (exact) mass is 618 g/mol. The van der Waals surface area contributed by atoms with Gasteiger partial charge in [-0.1, -0.05) is 30.3 Å². The van der Waals surface area contributed by atoms with Crippen LogP contribution in [-0.2, 0) is 35.2 Å². The Morgan fingerprint density at radius 2 is 1.35 bits per heavy atom. The van der Waals surface area contributed by atoms with Crippen LogP contribution in [0.3, 0.4) is 0 Å². The van der Waals surface area contributed by atoms with Gasteiger partial charge < -0.3 is 5.32 Å². The zero-order valence-electron chi connectivity index (χ0n) is 22.5. The molecule has 1 aliphatic rings. The van der Waals surface area contributed by atoms with E-state index in [0.717, 1.165) is 35.4 Å². The van der Waals surface area contributed by atoms with Crippen LogP contribution in [0.5, 0.6) is 0 Å². The van der Waals surface area contributed by atoms with E-state index in [1.54, 1.807) is 43.3 Å². The number of rotatable bonds is 6. The molecule has 5 nitrogen and oxygen atoms in total.